The largest absolute Gasteiger partial charge is 0.333 e. The Morgan fingerprint density at radius 2 is 0.966 bits per heavy atom. The highest BCUT2D eigenvalue weighted by Gasteiger charge is 2.37. The third-order valence-corrected chi connectivity index (χ3v) is 12.9. The molecule has 3 aliphatic rings. The fourth-order valence-electron chi connectivity index (χ4n) is 10.3. The minimum absolute atomic E-state index is 0.172. The molecule has 4 heteroatoms. The quantitative estimate of drug-likeness (QED) is 0.168. The zero-order valence-corrected chi connectivity index (χ0v) is 32.8. The van der Waals surface area contributed by atoms with Crippen molar-refractivity contribution < 1.29 is 0 Å². The average Bonchev–Trinajstić information content (AvgIpc) is 3.93. The molecule has 59 heavy (non-hydrogen) atoms. The summed E-state index contributed by atoms with van der Waals surface area (Å²) >= 11 is 0. The lowest BCUT2D eigenvalue weighted by Gasteiger charge is -2.33. The Bertz CT molecular complexity index is 3100. The van der Waals surface area contributed by atoms with Gasteiger partial charge in [-0.1, -0.05) is 134 Å². The van der Waals surface area contributed by atoms with Gasteiger partial charge in [0, 0.05) is 78.5 Å². The van der Waals surface area contributed by atoms with Gasteiger partial charge in [-0.05, 0) is 90.5 Å². The van der Waals surface area contributed by atoms with Gasteiger partial charge in [0.25, 0.3) is 0 Å². The Hall–Kier alpha value is -7.30. The molecule has 2 aromatic heterocycles. The van der Waals surface area contributed by atoms with Gasteiger partial charge in [0.15, 0.2) is 0 Å². The van der Waals surface area contributed by atoms with Crippen LogP contribution in [0.15, 0.2) is 218 Å². The molecule has 4 nitrogen and oxygen atoms in total. The van der Waals surface area contributed by atoms with E-state index in [0.29, 0.717) is 5.92 Å². The first-order valence-corrected chi connectivity index (χ1v) is 20.8. The molecule has 0 saturated carbocycles. The summed E-state index contributed by atoms with van der Waals surface area (Å²) in [6, 6.07) is 62.7. The lowest BCUT2D eigenvalue weighted by Crippen LogP contribution is -2.28. The molecule has 0 radical (unpaired) electrons. The molecule has 2 aliphatic carbocycles. The number of anilines is 4. The van der Waals surface area contributed by atoms with Crippen LogP contribution in [0.25, 0.3) is 49.3 Å². The summed E-state index contributed by atoms with van der Waals surface area (Å²) in [5, 5.41) is 5.14. The summed E-state index contributed by atoms with van der Waals surface area (Å²) in [7, 11) is 0. The Labute approximate surface area is 344 Å². The first kappa shape index (κ1) is 33.8. The van der Waals surface area contributed by atoms with Gasteiger partial charge in [-0.25, -0.2) is 0 Å². The van der Waals surface area contributed by atoms with Gasteiger partial charge in [0.1, 0.15) is 0 Å². The Kier molecular flexibility index (Phi) is 7.67. The highest BCUT2D eigenvalue weighted by atomic mass is 15.2. The Morgan fingerprint density at radius 3 is 1.58 bits per heavy atom. The second kappa shape index (κ2) is 13.4. The molecule has 12 rings (SSSR count). The van der Waals surface area contributed by atoms with E-state index in [4.69, 9.17) is 0 Å². The van der Waals surface area contributed by atoms with Crippen LogP contribution in [0.2, 0.25) is 0 Å². The molecule has 1 aliphatic heterocycles. The maximum absolute atomic E-state index is 2.54. The summed E-state index contributed by atoms with van der Waals surface area (Å²) in [5.41, 5.74) is 13.4. The number of hydrogen-bond donors (Lipinski definition) is 0. The number of nitrogens with zero attached hydrogens (tertiary/aromatic N) is 4. The van der Waals surface area contributed by atoms with E-state index in [1.54, 1.807) is 0 Å². The molecule has 7 aromatic carbocycles. The van der Waals surface area contributed by atoms with Crippen molar-refractivity contribution in [3.63, 3.8) is 0 Å². The standard InChI is InChI=1S/C55H42N4/c1-37-36-42(34-35-49(37)59-54-24-12-6-18-47(54)48-19-7-13-25-55(48)59)56(38-26-30-40(31-27-38)57-50-20-8-2-14-43(50)44-15-3-9-21-51(44)57)39-28-32-41(33-29-39)58-52-22-10-4-16-45(52)46-17-5-11-23-53(46)58/h2-37,43,49-50H,1H3. The van der Waals surface area contributed by atoms with Crippen molar-refractivity contribution in [3.05, 3.63) is 224 Å². The molecular formula is C55H42N4. The smallest absolute Gasteiger partial charge is 0.0629 e. The summed E-state index contributed by atoms with van der Waals surface area (Å²) in [5.74, 6) is 0.582. The molecule has 9 aromatic rings. The van der Waals surface area contributed by atoms with Crippen molar-refractivity contribution in [1.29, 1.82) is 0 Å². The summed E-state index contributed by atoms with van der Waals surface area (Å²) in [6.45, 7) is 2.36. The molecule has 0 spiro atoms. The van der Waals surface area contributed by atoms with Crippen molar-refractivity contribution in [3.8, 4) is 5.69 Å². The van der Waals surface area contributed by atoms with E-state index in [0.717, 1.165) is 17.1 Å². The zero-order valence-electron chi connectivity index (χ0n) is 32.8. The number of para-hydroxylation sites is 5. The van der Waals surface area contributed by atoms with Crippen LogP contribution >= 0.6 is 0 Å². The fourth-order valence-corrected chi connectivity index (χ4v) is 10.3. The van der Waals surface area contributed by atoms with Crippen LogP contribution in [-0.2, 0) is 0 Å². The summed E-state index contributed by atoms with van der Waals surface area (Å²) < 4.78 is 4.93. The van der Waals surface area contributed by atoms with E-state index in [-0.39, 0.29) is 18.0 Å². The lowest BCUT2D eigenvalue weighted by atomic mass is 9.91. The normalized spacial score (nSPS) is 19.5. The Balaban J connectivity index is 0.959. The summed E-state index contributed by atoms with van der Waals surface area (Å²) in [6.07, 6.45) is 16.3. The molecule has 0 fully saturated rings. The van der Waals surface area contributed by atoms with Crippen LogP contribution in [0.4, 0.5) is 22.7 Å². The second-order valence-electron chi connectivity index (χ2n) is 16.2. The maximum atomic E-state index is 2.54. The third-order valence-electron chi connectivity index (χ3n) is 12.9. The minimum Gasteiger partial charge on any atom is -0.333 e. The van der Waals surface area contributed by atoms with Crippen molar-refractivity contribution in [2.45, 2.75) is 24.9 Å². The third kappa shape index (κ3) is 5.23. The van der Waals surface area contributed by atoms with E-state index >= 15 is 0 Å². The molecule has 0 N–H and O–H groups in total. The molecule has 0 bridgehead atoms. The molecule has 4 unspecified atom stereocenters. The number of fused-ring (bicyclic) bond motifs is 9. The van der Waals surface area contributed by atoms with Gasteiger partial charge < -0.3 is 18.9 Å². The fraction of sp³-hybridized carbons (Fsp3) is 0.0909. The van der Waals surface area contributed by atoms with Gasteiger partial charge >= 0.3 is 0 Å². The predicted octanol–water partition coefficient (Wildman–Crippen LogP) is 14.1. The molecular weight excluding hydrogens is 717 g/mol. The highest BCUT2D eigenvalue weighted by Crippen LogP contribution is 2.48. The second-order valence-corrected chi connectivity index (χ2v) is 16.2. The lowest BCUT2D eigenvalue weighted by molar-refractivity contribution is 0.506. The van der Waals surface area contributed by atoms with Crippen molar-refractivity contribution in [2.75, 3.05) is 9.80 Å². The SMILES string of the molecule is CC1C=C(N(c2ccc(N3c4ccccc4C4C=CC=CC43)cc2)c2ccc(-n3c4ccccc4c4ccccc43)cc2)C=CC1n1c2ccccc2c2ccccc21. The van der Waals surface area contributed by atoms with Gasteiger partial charge in [-0.15, -0.1) is 0 Å². The van der Waals surface area contributed by atoms with Crippen LogP contribution in [0, 0.1) is 5.92 Å². The van der Waals surface area contributed by atoms with Crippen LogP contribution in [0.3, 0.4) is 0 Å². The van der Waals surface area contributed by atoms with Crippen LogP contribution in [0.1, 0.15) is 24.4 Å². The number of hydrogen-bond acceptors (Lipinski definition) is 2. The van der Waals surface area contributed by atoms with E-state index in [1.165, 1.54) is 66.2 Å². The average molecular weight is 759 g/mol. The van der Waals surface area contributed by atoms with Crippen molar-refractivity contribution >= 4 is 66.4 Å². The monoisotopic (exact) mass is 758 g/mol. The van der Waals surface area contributed by atoms with E-state index in [2.05, 4.69) is 238 Å². The molecule has 0 saturated heterocycles. The summed E-state index contributed by atoms with van der Waals surface area (Å²) in [4.78, 5) is 4.94. The van der Waals surface area contributed by atoms with Crippen LogP contribution < -0.4 is 9.80 Å². The zero-order chi connectivity index (χ0) is 39.0. The molecule has 0 amide bonds. The Morgan fingerprint density at radius 1 is 0.458 bits per heavy atom. The molecule has 282 valence electrons. The predicted molar refractivity (Wildman–Crippen MR) is 248 cm³/mol. The van der Waals surface area contributed by atoms with Gasteiger partial charge in [0.05, 0.1) is 23.1 Å². The van der Waals surface area contributed by atoms with Crippen LogP contribution in [0.5, 0.6) is 0 Å². The number of benzene rings is 7. The molecule has 3 heterocycles. The molecule has 4 atom stereocenters. The van der Waals surface area contributed by atoms with E-state index in [9.17, 15) is 0 Å². The number of aromatic nitrogens is 2. The highest BCUT2D eigenvalue weighted by molar-refractivity contribution is 6.09. The maximum Gasteiger partial charge on any atom is 0.0629 e. The van der Waals surface area contributed by atoms with Crippen molar-refractivity contribution in [2.24, 2.45) is 5.92 Å². The first-order valence-electron chi connectivity index (χ1n) is 20.8. The van der Waals surface area contributed by atoms with Gasteiger partial charge in [0.2, 0.25) is 0 Å². The number of rotatable bonds is 6. The first-order chi connectivity index (χ1) is 29.2. The van der Waals surface area contributed by atoms with Gasteiger partial charge in [-0.2, -0.15) is 0 Å². The van der Waals surface area contributed by atoms with Gasteiger partial charge in [-0.3, -0.25) is 0 Å². The topological polar surface area (TPSA) is 16.3 Å². The minimum atomic E-state index is 0.172. The van der Waals surface area contributed by atoms with Crippen LogP contribution in [-0.4, -0.2) is 15.2 Å². The van der Waals surface area contributed by atoms with Crippen molar-refractivity contribution in [1.82, 2.24) is 9.13 Å². The van der Waals surface area contributed by atoms with E-state index < -0.39 is 0 Å². The van der Waals surface area contributed by atoms with E-state index in [1.807, 2.05) is 0 Å². The number of allylic oxidation sites excluding steroid dienone is 5.